The zero-order valence-corrected chi connectivity index (χ0v) is 11.8. The van der Waals surface area contributed by atoms with Crippen LogP contribution in [0.15, 0.2) is 18.2 Å². The van der Waals surface area contributed by atoms with Crippen LogP contribution in [-0.2, 0) is 4.79 Å². The number of carbonyl (C=O) groups is 2. The Morgan fingerprint density at radius 2 is 2.16 bits per heavy atom. The number of carbonyl (C=O) groups excluding carboxylic acids is 2. The summed E-state index contributed by atoms with van der Waals surface area (Å²) in [4.78, 5) is 25.4. The molecule has 3 amide bonds. The number of hydrogen-bond donors (Lipinski definition) is 1. The third kappa shape index (κ3) is 2.89. The number of rotatable bonds is 2. The molecule has 1 aromatic rings. The molecule has 0 aliphatic carbocycles. The normalized spacial score (nSPS) is 20.2. The van der Waals surface area contributed by atoms with Gasteiger partial charge in [0.2, 0.25) is 5.91 Å². The van der Waals surface area contributed by atoms with E-state index in [4.69, 9.17) is 11.6 Å². The standard InChI is InChI=1S/C14H17ClN2O2/c1-3-10-6-13(18)17(14(19)16-8-10)11-5-4-9(2)12(15)7-11/h4-5,7,10H,3,6,8H2,1-2H3,(H,16,19). The molecule has 0 saturated carbocycles. The van der Waals surface area contributed by atoms with Crippen LogP contribution in [0.25, 0.3) is 0 Å². The molecule has 2 rings (SSSR count). The lowest BCUT2D eigenvalue weighted by Crippen LogP contribution is -2.41. The van der Waals surface area contributed by atoms with Gasteiger partial charge in [-0.2, -0.15) is 0 Å². The van der Waals surface area contributed by atoms with Gasteiger partial charge in [0.05, 0.1) is 5.69 Å². The second-order valence-electron chi connectivity index (χ2n) is 4.83. The third-order valence-corrected chi connectivity index (χ3v) is 3.86. The molecule has 5 heteroatoms. The molecule has 1 fully saturated rings. The van der Waals surface area contributed by atoms with E-state index in [1.807, 2.05) is 13.8 Å². The fourth-order valence-corrected chi connectivity index (χ4v) is 2.28. The van der Waals surface area contributed by atoms with Crippen LogP contribution in [0.1, 0.15) is 25.3 Å². The Morgan fingerprint density at radius 1 is 1.42 bits per heavy atom. The van der Waals surface area contributed by atoms with Gasteiger partial charge in [-0.1, -0.05) is 31.0 Å². The molecular formula is C14H17ClN2O2. The van der Waals surface area contributed by atoms with Gasteiger partial charge < -0.3 is 5.32 Å². The van der Waals surface area contributed by atoms with Gasteiger partial charge in [-0.05, 0) is 30.5 Å². The number of anilines is 1. The van der Waals surface area contributed by atoms with Gasteiger partial charge in [0.15, 0.2) is 0 Å². The predicted octanol–water partition coefficient (Wildman–Crippen LogP) is 3.12. The predicted molar refractivity (Wildman–Crippen MR) is 75.5 cm³/mol. The van der Waals surface area contributed by atoms with E-state index in [-0.39, 0.29) is 17.9 Å². The van der Waals surface area contributed by atoms with Crippen molar-refractivity contribution in [3.8, 4) is 0 Å². The molecule has 19 heavy (non-hydrogen) atoms. The average Bonchev–Trinajstić information content (AvgIpc) is 2.52. The maximum atomic E-state index is 12.2. The van der Waals surface area contributed by atoms with Crippen molar-refractivity contribution in [2.45, 2.75) is 26.7 Å². The van der Waals surface area contributed by atoms with Gasteiger partial charge in [-0.25, -0.2) is 9.69 Å². The van der Waals surface area contributed by atoms with E-state index in [0.717, 1.165) is 12.0 Å². The highest BCUT2D eigenvalue weighted by atomic mass is 35.5. The van der Waals surface area contributed by atoms with Crippen molar-refractivity contribution in [2.24, 2.45) is 5.92 Å². The maximum absolute atomic E-state index is 12.2. The number of benzene rings is 1. The van der Waals surface area contributed by atoms with Crippen LogP contribution in [-0.4, -0.2) is 18.5 Å². The molecule has 1 heterocycles. The fourth-order valence-electron chi connectivity index (χ4n) is 2.11. The van der Waals surface area contributed by atoms with Gasteiger partial charge in [-0.15, -0.1) is 0 Å². The summed E-state index contributed by atoms with van der Waals surface area (Å²) in [5, 5.41) is 3.33. The SMILES string of the molecule is CCC1CNC(=O)N(c2ccc(C)c(Cl)c2)C(=O)C1. The highest BCUT2D eigenvalue weighted by molar-refractivity contribution is 6.32. The van der Waals surface area contributed by atoms with Gasteiger partial charge >= 0.3 is 6.03 Å². The number of urea groups is 1. The minimum absolute atomic E-state index is 0.179. The summed E-state index contributed by atoms with van der Waals surface area (Å²) >= 11 is 6.06. The van der Waals surface area contributed by atoms with Crippen LogP contribution < -0.4 is 10.2 Å². The monoisotopic (exact) mass is 280 g/mol. The molecule has 102 valence electrons. The van der Waals surface area contributed by atoms with Crippen LogP contribution in [0.2, 0.25) is 5.02 Å². The van der Waals surface area contributed by atoms with Crippen molar-refractivity contribution >= 4 is 29.2 Å². The molecule has 1 aliphatic rings. The van der Waals surface area contributed by atoms with Crippen molar-refractivity contribution in [2.75, 3.05) is 11.4 Å². The molecule has 1 unspecified atom stereocenters. The highest BCUT2D eigenvalue weighted by Crippen LogP contribution is 2.25. The average molecular weight is 281 g/mol. The largest absolute Gasteiger partial charge is 0.337 e. The molecule has 1 atom stereocenters. The van der Waals surface area contributed by atoms with E-state index in [0.29, 0.717) is 23.7 Å². The fraction of sp³-hybridized carbons (Fsp3) is 0.429. The Balaban J connectivity index is 2.33. The van der Waals surface area contributed by atoms with Crippen molar-refractivity contribution in [1.29, 1.82) is 0 Å². The molecule has 1 aromatic carbocycles. The summed E-state index contributed by atoms with van der Waals surface area (Å²) in [6, 6.07) is 4.83. The van der Waals surface area contributed by atoms with Gasteiger partial charge in [0.1, 0.15) is 0 Å². The van der Waals surface area contributed by atoms with Crippen LogP contribution >= 0.6 is 11.6 Å². The second kappa shape index (κ2) is 5.61. The molecule has 0 bridgehead atoms. The lowest BCUT2D eigenvalue weighted by Gasteiger charge is -2.19. The van der Waals surface area contributed by atoms with Gasteiger partial charge in [0.25, 0.3) is 0 Å². The molecule has 4 nitrogen and oxygen atoms in total. The van der Waals surface area contributed by atoms with E-state index in [2.05, 4.69) is 5.32 Å². The van der Waals surface area contributed by atoms with Crippen molar-refractivity contribution in [3.63, 3.8) is 0 Å². The molecular weight excluding hydrogens is 264 g/mol. The summed E-state index contributed by atoms with van der Waals surface area (Å²) in [7, 11) is 0. The first kappa shape index (κ1) is 13.9. The van der Waals surface area contributed by atoms with Crippen LogP contribution in [0.5, 0.6) is 0 Å². The lowest BCUT2D eigenvalue weighted by molar-refractivity contribution is -0.118. The number of halogens is 1. The number of nitrogens with one attached hydrogen (secondary N) is 1. The molecule has 0 aromatic heterocycles. The lowest BCUT2D eigenvalue weighted by atomic mass is 10.0. The molecule has 1 saturated heterocycles. The summed E-state index contributed by atoms with van der Waals surface area (Å²) in [6.07, 6.45) is 1.25. The van der Waals surface area contributed by atoms with Gasteiger partial charge in [-0.3, -0.25) is 4.79 Å². The number of imide groups is 1. The molecule has 0 spiro atoms. The molecule has 1 aliphatic heterocycles. The summed E-state index contributed by atoms with van der Waals surface area (Å²) in [5.41, 5.74) is 1.44. The number of nitrogens with zero attached hydrogens (tertiary/aromatic N) is 1. The minimum Gasteiger partial charge on any atom is -0.337 e. The number of amides is 3. The Kier molecular flexibility index (Phi) is 4.10. The van der Waals surface area contributed by atoms with Crippen LogP contribution in [0, 0.1) is 12.8 Å². The van der Waals surface area contributed by atoms with Crippen molar-refractivity contribution in [3.05, 3.63) is 28.8 Å². The van der Waals surface area contributed by atoms with Crippen molar-refractivity contribution < 1.29 is 9.59 Å². The third-order valence-electron chi connectivity index (χ3n) is 3.45. The van der Waals surface area contributed by atoms with Crippen LogP contribution in [0.4, 0.5) is 10.5 Å². The van der Waals surface area contributed by atoms with E-state index >= 15 is 0 Å². The zero-order valence-electron chi connectivity index (χ0n) is 11.1. The second-order valence-corrected chi connectivity index (χ2v) is 5.23. The highest BCUT2D eigenvalue weighted by Gasteiger charge is 2.29. The van der Waals surface area contributed by atoms with E-state index in [1.54, 1.807) is 18.2 Å². The zero-order chi connectivity index (χ0) is 14.0. The Morgan fingerprint density at radius 3 is 2.79 bits per heavy atom. The first-order chi connectivity index (χ1) is 9.02. The topological polar surface area (TPSA) is 49.4 Å². The maximum Gasteiger partial charge on any atom is 0.328 e. The first-order valence-electron chi connectivity index (χ1n) is 6.40. The smallest absolute Gasteiger partial charge is 0.328 e. The minimum atomic E-state index is -0.374. The van der Waals surface area contributed by atoms with E-state index in [1.165, 1.54) is 4.90 Å². The van der Waals surface area contributed by atoms with Gasteiger partial charge in [0, 0.05) is 18.0 Å². The molecule has 0 radical (unpaired) electrons. The van der Waals surface area contributed by atoms with Crippen LogP contribution in [0.3, 0.4) is 0 Å². The Bertz CT molecular complexity index is 516. The number of aryl methyl sites for hydroxylation is 1. The quantitative estimate of drug-likeness (QED) is 0.905. The Labute approximate surface area is 117 Å². The first-order valence-corrected chi connectivity index (χ1v) is 6.77. The van der Waals surface area contributed by atoms with Crippen molar-refractivity contribution in [1.82, 2.24) is 5.32 Å². The summed E-state index contributed by atoms with van der Waals surface area (Å²) < 4.78 is 0. The van der Waals surface area contributed by atoms with E-state index < -0.39 is 0 Å². The van der Waals surface area contributed by atoms with E-state index in [9.17, 15) is 9.59 Å². The molecule has 1 N–H and O–H groups in total. The summed E-state index contributed by atoms with van der Waals surface area (Å²) in [5.74, 6) is 0.0177. The number of hydrogen-bond acceptors (Lipinski definition) is 2. The summed E-state index contributed by atoms with van der Waals surface area (Å²) in [6.45, 7) is 4.43. The Hall–Kier alpha value is -1.55.